The summed E-state index contributed by atoms with van der Waals surface area (Å²) >= 11 is 0. The Balaban J connectivity index is 1.72. The fourth-order valence-electron chi connectivity index (χ4n) is 2.52. The molecule has 0 bridgehead atoms. The van der Waals surface area contributed by atoms with Gasteiger partial charge in [-0.25, -0.2) is 0 Å². The molecule has 19 heavy (non-hydrogen) atoms. The molecule has 0 radical (unpaired) electrons. The highest BCUT2D eigenvalue weighted by Crippen LogP contribution is 2.21. The Labute approximate surface area is 115 Å². The smallest absolute Gasteiger partial charge is 0.119 e. The molecule has 3 heteroatoms. The van der Waals surface area contributed by atoms with Crippen molar-refractivity contribution in [1.29, 1.82) is 5.26 Å². The van der Waals surface area contributed by atoms with E-state index in [1.54, 1.807) is 0 Å². The molecular weight excluding hydrogens is 236 g/mol. The van der Waals surface area contributed by atoms with Gasteiger partial charge in [0, 0.05) is 19.6 Å². The largest absolute Gasteiger partial charge is 0.492 e. The van der Waals surface area contributed by atoms with Crippen LogP contribution in [0.4, 0.5) is 0 Å². The van der Waals surface area contributed by atoms with Gasteiger partial charge in [-0.05, 0) is 29.5 Å². The van der Waals surface area contributed by atoms with Gasteiger partial charge in [-0.1, -0.05) is 26.0 Å². The number of hydrogen-bond donors (Lipinski definition) is 0. The number of nitrogens with zero attached hydrogens (tertiary/aromatic N) is 2. The minimum atomic E-state index is 0.462. The molecule has 1 aliphatic rings. The maximum absolute atomic E-state index is 8.61. The topological polar surface area (TPSA) is 36.3 Å². The van der Waals surface area contributed by atoms with Crippen molar-refractivity contribution in [3.05, 3.63) is 29.8 Å². The molecule has 102 valence electrons. The Bertz CT molecular complexity index is 425. The highest BCUT2D eigenvalue weighted by atomic mass is 16.5. The lowest BCUT2D eigenvalue weighted by Gasteiger charge is -2.15. The van der Waals surface area contributed by atoms with E-state index in [1.807, 2.05) is 24.3 Å². The van der Waals surface area contributed by atoms with E-state index in [9.17, 15) is 0 Å². The summed E-state index contributed by atoms with van der Waals surface area (Å²) < 4.78 is 5.75. The number of ether oxygens (including phenoxy) is 1. The lowest BCUT2D eigenvalue weighted by Crippen LogP contribution is -2.26. The molecule has 1 fully saturated rings. The van der Waals surface area contributed by atoms with Gasteiger partial charge in [0.05, 0.1) is 12.5 Å². The molecule has 0 spiro atoms. The third kappa shape index (κ3) is 3.97. The predicted molar refractivity (Wildman–Crippen MR) is 76.0 cm³/mol. The zero-order valence-corrected chi connectivity index (χ0v) is 11.8. The molecule has 2 rings (SSSR count). The molecule has 2 unspecified atom stereocenters. The van der Waals surface area contributed by atoms with Crippen molar-refractivity contribution in [2.75, 3.05) is 26.2 Å². The molecular formula is C16H22N2O. The zero-order chi connectivity index (χ0) is 13.7. The van der Waals surface area contributed by atoms with Crippen LogP contribution in [0.5, 0.6) is 5.75 Å². The molecule has 1 heterocycles. The predicted octanol–water partition coefficient (Wildman–Crippen LogP) is 2.72. The monoisotopic (exact) mass is 258 g/mol. The van der Waals surface area contributed by atoms with Gasteiger partial charge in [-0.2, -0.15) is 5.26 Å². The summed E-state index contributed by atoms with van der Waals surface area (Å²) in [6.45, 7) is 8.74. The fourth-order valence-corrected chi connectivity index (χ4v) is 2.52. The molecule has 0 saturated carbocycles. The molecule has 1 saturated heterocycles. The van der Waals surface area contributed by atoms with Gasteiger partial charge in [-0.3, -0.25) is 4.90 Å². The quantitative estimate of drug-likeness (QED) is 0.814. The first-order chi connectivity index (χ1) is 9.19. The lowest BCUT2D eigenvalue weighted by atomic mass is 10.0. The van der Waals surface area contributed by atoms with Gasteiger partial charge in [0.25, 0.3) is 0 Å². The Morgan fingerprint density at radius 2 is 1.84 bits per heavy atom. The summed E-state index contributed by atoms with van der Waals surface area (Å²) in [6.07, 6.45) is 0.462. The molecule has 3 nitrogen and oxygen atoms in total. The molecule has 1 aromatic carbocycles. The Hall–Kier alpha value is -1.53. The van der Waals surface area contributed by atoms with Crippen LogP contribution in [-0.4, -0.2) is 31.1 Å². The zero-order valence-electron chi connectivity index (χ0n) is 11.8. The summed E-state index contributed by atoms with van der Waals surface area (Å²) in [6, 6.07) is 9.95. The van der Waals surface area contributed by atoms with E-state index in [1.165, 1.54) is 13.1 Å². The minimum absolute atomic E-state index is 0.462. The van der Waals surface area contributed by atoms with Crippen LogP contribution < -0.4 is 4.74 Å². The summed E-state index contributed by atoms with van der Waals surface area (Å²) in [4.78, 5) is 2.47. The van der Waals surface area contributed by atoms with Crippen molar-refractivity contribution in [3.8, 4) is 11.8 Å². The second kappa shape index (κ2) is 6.58. The normalized spacial score (nSPS) is 23.2. The standard InChI is InChI=1S/C16H22N2O/c1-13-11-18(12-14(13)2)9-10-19-16-5-3-15(4-6-16)7-8-17/h3-6,13-14H,7,9-12H2,1-2H3. The van der Waals surface area contributed by atoms with E-state index in [4.69, 9.17) is 10.00 Å². The van der Waals surface area contributed by atoms with Gasteiger partial charge in [0.15, 0.2) is 0 Å². The highest BCUT2D eigenvalue weighted by molar-refractivity contribution is 5.28. The summed E-state index contributed by atoms with van der Waals surface area (Å²) in [5, 5.41) is 8.61. The van der Waals surface area contributed by atoms with Crippen LogP contribution in [0.15, 0.2) is 24.3 Å². The number of benzene rings is 1. The highest BCUT2D eigenvalue weighted by Gasteiger charge is 2.25. The van der Waals surface area contributed by atoms with Crippen molar-refractivity contribution in [2.24, 2.45) is 11.8 Å². The van der Waals surface area contributed by atoms with E-state index < -0.39 is 0 Å². The summed E-state index contributed by atoms with van der Waals surface area (Å²) in [7, 11) is 0. The average Bonchev–Trinajstić information content (AvgIpc) is 2.71. The minimum Gasteiger partial charge on any atom is -0.492 e. The Kier molecular flexibility index (Phi) is 4.81. The van der Waals surface area contributed by atoms with E-state index in [2.05, 4.69) is 24.8 Å². The van der Waals surface area contributed by atoms with E-state index in [-0.39, 0.29) is 0 Å². The number of likely N-dealkylation sites (tertiary alicyclic amines) is 1. The van der Waals surface area contributed by atoms with Crippen LogP contribution in [-0.2, 0) is 6.42 Å². The Morgan fingerprint density at radius 1 is 1.21 bits per heavy atom. The fraction of sp³-hybridized carbons (Fsp3) is 0.562. The van der Waals surface area contributed by atoms with Crippen molar-refractivity contribution >= 4 is 0 Å². The molecule has 1 aromatic rings. The summed E-state index contributed by atoms with van der Waals surface area (Å²) in [5.41, 5.74) is 1.04. The van der Waals surface area contributed by atoms with Crippen LogP contribution >= 0.6 is 0 Å². The van der Waals surface area contributed by atoms with Crippen LogP contribution in [0.3, 0.4) is 0 Å². The second-order valence-electron chi connectivity index (χ2n) is 5.54. The molecule has 0 amide bonds. The van der Waals surface area contributed by atoms with Crippen LogP contribution in [0.1, 0.15) is 19.4 Å². The molecule has 0 aliphatic carbocycles. The van der Waals surface area contributed by atoms with Gasteiger partial charge in [0.1, 0.15) is 12.4 Å². The van der Waals surface area contributed by atoms with Gasteiger partial charge < -0.3 is 4.74 Å². The first-order valence-electron chi connectivity index (χ1n) is 7.00. The first-order valence-corrected chi connectivity index (χ1v) is 7.00. The third-order valence-electron chi connectivity index (χ3n) is 3.95. The van der Waals surface area contributed by atoms with Crippen LogP contribution in [0, 0.1) is 23.2 Å². The Morgan fingerprint density at radius 3 is 2.42 bits per heavy atom. The van der Waals surface area contributed by atoms with E-state index in [0.717, 1.165) is 36.3 Å². The maximum atomic E-state index is 8.61. The lowest BCUT2D eigenvalue weighted by molar-refractivity contribution is 0.232. The maximum Gasteiger partial charge on any atom is 0.119 e. The van der Waals surface area contributed by atoms with Crippen molar-refractivity contribution in [3.63, 3.8) is 0 Å². The summed E-state index contributed by atoms with van der Waals surface area (Å²) in [5.74, 6) is 2.48. The molecule has 2 atom stereocenters. The van der Waals surface area contributed by atoms with Crippen molar-refractivity contribution in [1.82, 2.24) is 4.90 Å². The third-order valence-corrected chi connectivity index (χ3v) is 3.95. The van der Waals surface area contributed by atoms with E-state index in [0.29, 0.717) is 6.42 Å². The average molecular weight is 258 g/mol. The molecule has 1 aliphatic heterocycles. The van der Waals surface area contributed by atoms with Gasteiger partial charge in [-0.15, -0.1) is 0 Å². The van der Waals surface area contributed by atoms with Crippen LogP contribution in [0.2, 0.25) is 0 Å². The second-order valence-corrected chi connectivity index (χ2v) is 5.54. The van der Waals surface area contributed by atoms with Gasteiger partial charge in [0.2, 0.25) is 0 Å². The number of rotatable bonds is 5. The SMILES string of the molecule is CC1CN(CCOc2ccc(CC#N)cc2)CC1C. The van der Waals surface area contributed by atoms with Crippen molar-refractivity contribution in [2.45, 2.75) is 20.3 Å². The number of nitriles is 1. The molecule has 0 aromatic heterocycles. The van der Waals surface area contributed by atoms with Crippen molar-refractivity contribution < 1.29 is 4.74 Å². The first kappa shape index (κ1) is 13.9. The molecule has 0 N–H and O–H groups in total. The van der Waals surface area contributed by atoms with Crippen LogP contribution in [0.25, 0.3) is 0 Å². The van der Waals surface area contributed by atoms with E-state index >= 15 is 0 Å². The number of hydrogen-bond acceptors (Lipinski definition) is 3. The van der Waals surface area contributed by atoms with Gasteiger partial charge >= 0.3 is 0 Å².